The number of ether oxygens (including phenoxy) is 1. The average Bonchev–Trinajstić information content (AvgIpc) is 2.62. The summed E-state index contributed by atoms with van der Waals surface area (Å²) in [6.45, 7) is 2.38. The summed E-state index contributed by atoms with van der Waals surface area (Å²) in [6.07, 6.45) is 0. The fourth-order valence-electron chi connectivity index (χ4n) is 2.80. The molecule has 2 aromatic carbocycles. The second kappa shape index (κ2) is 6.89. The molecule has 8 heteroatoms. The molecule has 0 bridgehead atoms. The van der Waals surface area contributed by atoms with E-state index in [0.717, 1.165) is 4.31 Å². The Labute approximate surface area is 151 Å². The molecular weight excluding hydrogens is 356 g/mol. The minimum atomic E-state index is -3.92. The van der Waals surface area contributed by atoms with E-state index >= 15 is 0 Å². The molecule has 1 atom stereocenters. The highest BCUT2D eigenvalue weighted by atomic mass is 32.2. The maximum absolute atomic E-state index is 12.7. The van der Waals surface area contributed by atoms with Gasteiger partial charge in [-0.25, -0.2) is 8.42 Å². The topological polar surface area (TPSA) is 92.8 Å². The van der Waals surface area contributed by atoms with Crippen LogP contribution in [0.3, 0.4) is 0 Å². The van der Waals surface area contributed by atoms with Crippen molar-refractivity contribution in [3.05, 3.63) is 54.1 Å². The van der Waals surface area contributed by atoms with Crippen molar-refractivity contribution in [1.29, 1.82) is 0 Å². The molecule has 1 unspecified atom stereocenters. The Bertz CT molecular complexity index is 954. The lowest BCUT2D eigenvalue weighted by molar-refractivity contribution is -0.118. The lowest BCUT2D eigenvalue weighted by Gasteiger charge is -2.30. The molecule has 0 fully saturated rings. The molecule has 0 saturated carbocycles. The predicted octanol–water partition coefficient (Wildman–Crippen LogP) is 1.91. The van der Waals surface area contributed by atoms with Gasteiger partial charge in [0.15, 0.2) is 11.8 Å². The maximum Gasteiger partial charge on any atom is 0.250 e. The van der Waals surface area contributed by atoms with E-state index in [0.29, 0.717) is 18.0 Å². The number of nitrogens with zero attached hydrogens (tertiary/aromatic N) is 1. The second-order valence-electron chi connectivity index (χ2n) is 5.73. The number of anilines is 1. The summed E-state index contributed by atoms with van der Waals surface area (Å²) in [6, 6.07) is 11.0. The van der Waals surface area contributed by atoms with Crippen molar-refractivity contribution in [2.75, 3.05) is 19.0 Å². The van der Waals surface area contributed by atoms with Crippen LogP contribution in [-0.4, -0.2) is 44.1 Å². The third-order valence-electron chi connectivity index (χ3n) is 4.10. The molecule has 0 radical (unpaired) electrons. The highest BCUT2D eigenvalue weighted by Crippen LogP contribution is 2.29. The fourth-order valence-corrected chi connectivity index (χ4v) is 4.27. The van der Waals surface area contributed by atoms with Gasteiger partial charge in [-0.3, -0.25) is 9.59 Å². The number of fused-ring (bicyclic) bond motifs is 1. The second-order valence-corrected chi connectivity index (χ2v) is 7.70. The van der Waals surface area contributed by atoms with Crippen LogP contribution in [0.4, 0.5) is 5.69 Å². The van der Waals surface area contributed by atoms with Crippen LogP contribution in [0.15, 0.2) is 53.4 Å². The largest absolute Gasteiger partial charge is 0.494 e. The van der Waals surface area contributed by atoms with Gasteiger partial charge in [0.05, 0.1) is 11.5 Å². The molecule has 26 heavy (non-hydrogen) atoms. The van der Waals surface area contributed by atoms with Gasteiger partial charge in [0.1, 0.15) is 5.75 Å². The molecule has 0 aliphatic carbocycles. The molecule has 136 valence electrons. The Morgan fingerprint density at radius 2 is 1.81 bits per heavy atom. The van der Waals surface area contributed by atoms with Crippen molar-refractivity contribution in [2.24, 2.45) is 0 Å². The first-order valence-electron chi connectivity index (χ1n) is 8.01. The Kier molecular flexibility index (Phi) is 4.80. The van der Waals surface area contributed by atoms with Gasteiger partial charge in [0, 0.05) is 18.3 Å². The molecule has 0 spiro atoms. The Morgan fingerprint density at radius 1 is 1.15 bits per heavy atom. The van der Waals surface area contributed by atoms with Gasteiger partial charge in [0.2, 0.25) is 10.0 Å². The predicted molar refractivity (Wildman–Crippen MR) is 95.8 cm³/mol. The van der Waals surface area contributed by atoms with Crippen LogP contribution in [0.5, 0.6) is 5.75 Å². The number of Topliss-reactive ketones (excluding diaryl/α,β-unsaturated/α-hetero) is 1. The van der Waals surface area contributed by atoms with Crippen LogP contribution in [-0.2, 0) is 14.8 Å². The highest BCUT2D eigenvalue weighted by molar-refractivity contribution is 7.89. The quantitative estimate of drug-likeness (QED) is 0.825. The molecule has 0 aromatic heterocycles. The van der Waals surface area contributed by atoms with Gasteiger partial charge >= 0.3 is 0 Å². The Balaban J connectivity index is 1.89. The summed E-state index contributed by atoms with van der Waals surface area (Å²) < 4.78 is 31.4. The number of likely N-dealkylation sites (N-methyl/N-ethyl adjacent to an activating group) is 1. The molecule has 7 nitrogen and oxygen atoms in total. The van der Waals surface area contributed by atoms with E-state index in [1.165, 1.54) is 25.2 Å². The number of ketones is 1. The van der Waals surface area contributed by atoms with Gasteiger partial charge in [-0.2, -0.15) is 4.31 Å². The average molecular weight is 374 g/mol. The number of benzene rings is 2. The minimum Gasteiger partial charge on any atom is -0.494 e. The first-order chi connectivity index (χ1) is 12.4. The minimum absolute atomic E-state index is 0.0254. The first kappa shape index (κ1) is 18.1. The third kappa shape index (κ3) is 3.09. The molecule has 1 amide bonds. The van der Waals surface area contributed by atoms with E-state index in [4.69, 9.17) is 4.74 Å². The molecule has 1 heterocycles. The number of amides is 1. The number of carbonyl (C=O) groups is 2. The zero-order valence-electron chi connectivity index (χ0n) is 14.3. The van der Waals surface area contributed by atoms with E-state index in [9.17, 15) is 18.0 Å². The third-order valence-corrected chi connectivity index (χ3v) is 5.98. The number of hydrogen-bond donors (Lipinski definition) is 1. The summed E-state index contributed by atoms with van der Waals surface area (Å²) >= 11 is 0. The van der Waals surface area contributed by atoms with Crippen LogP contribution in [0, 0.1) is 0 Å². The van der Waals surface area contributed by atoms with Crippen molar-refractivity contribution in [1.82, 2.24) is 4.31 Å². The monoisotopic (exact) mass is 374 g/mol. The number of nitrogens with one attached hydrogen (secondary N) is 1. The standard InChI is InChI=1S/C18H18N2O5S/c1-3-25-13-10-8-12(9-11-13)19-18(22)16-17(21)14-6-4-5-7-15(14)26(23,24)20(16)2/h4-11,16H,3H2,1-2H3,(H,19,22). The van der Waals surface area contributed by atoms with E-state index in [1.807, 2.05) is 6.92 Å². The maximum atomic E-state index is 12.7. The van der Waals surface area contributed by atoms with E-state index in [-0.39, 0.29) is 10.5 Å². The highest BCUT2D eigenvalue weighted by Gasteiger charge is 2.45. The van der Waals surface area contributed by atoms with E-state index in [1.54, 1.807) is 30.3 Å². The first-order valence-corrected chi connectivity index (χ1v) is 9.45. The smallest absolute Gasteiger partial charge is 0.250 e. The summed E-state index contributed by atoms with van der Waals surface area (Å²) in [5.74, 6) is -0.617. The number of rotatable bonds is 4. The van der Waals surface area contributed by atoms with Crippen molar-refractivity contribution in [3.63, 3.8) is 0 Å². The summed E-state index contributed by atoms with van der Waals surface area (Å²) in [5, 5.41) is 2.59. The summed E-state index contributed by atoms with van der Waals surface area (Å²) in [5.41, 5.74) is 0.466. The summed E-state index contributed by atoms with van der Waals surface area (Å²) in [4.78, 5) is 25.2. The molecule has 0 saturated heterocycles. The van der Waals surface area contributed by atoms with Gasteiger partial charge < -0.3 is 10.1 Å². The lowest BCUT2D eigenvalue weighted by atomic mass is 10.0. The number of hydrogen-bond acceptors (Lipinski definition) is 5. The Morgan fingerprint density at radius 3 is 2.46 bits per heavy atom. The molecule has 2 aromatic rings. The zero-order valence-corrected chi connectivity index (χ0v) is 15.1. The van der Waals surface area contributed by atoms with E-state index < -0.39 is 27.8 Å². The lowest BCUT2D eigenvalue weighted by Crippen LogP contribution is -2.53. The number of sulfonamides is 1. The molecule has 1 N–H and O–H groups in total. The molecular formula is C18H18N2O5S. The Hall–Kier alpha value is -2.71. The normalized spacial score (nSPS) is 18.8. The van der Waals surface area contributed by atoms with Crippen LogP contribution in [0.25, 0.3) is 0 Å². The molecule has 1 aliphatic heterocycles. The van der Waals surface area contributed by atoms with Crippen molar-refractivity contribution in [3.8, 4) is 5.75 Å². The van der Waals surface area contributed by atoms with Gasteiger partial charge in [-0.1, -0.05) is 12.1 Å². The van der Waals surface area contributed by atoms with Gasteiger partial charge in [-0.05, 0) is 43.3 Å². The van der Waals surface area contributed by atoms with Gasteiger partial charge in [-0.15, -0.1) is 0 Å². The van der Waals surface area contributed by atoms with Crippen molar-refractivity contribution in [2.45, 2.75) is 17.9 Å². The molecule has 1 aliphatic rings. The van der Waals surface area contributed by atoms with Crippen LogP contribution in [0.1, 0.15) is 17.3 Å². The van der Waals surface area contributed by atoms with Crippen molar-refractivity contribution < 1.29 is 22.7 Å². The van der Waals surface area contributed by atoms with Gasteiger partial charge in [0.25, 0.3) is 5.91 Å². The van der Waals surface area contributed by atoms with Crippen molar-refractivity contribution >= 4 is 27.4 Å². The number of carbonyl (C=O) groups excluding carboxylic acids is 2. The van der Waals surface area contributed by atoms with Crippen LogP contribution in [0.2, 0.25) is 0 Å². The zero-order chi connectivity index (χ0) is 18.9. The van der Waals surface area contributed by atoms with Crippen LogP contribution >= 0.6 is 0 Å². The van der Waals surface area contributed by atoms with E-state index in [2.05, 4.69) is 5.32 Å². The molecule has 3 rings (SSSR count). The van der Waals surface area contributed by atoms with Crippen LogP contribution < -0.4 is 10.1 Å². The SMILES string of the molecule is CCOc1ccc(NC(=O)C2C(=O)c3ccccc3S(=O)(=O)N2C)cc1. The summed E-state index contributed by atoms with van der Waals surface area (Å²) in [7, 11) is -2.69. The fraction of sp³-hybridized carbons (Fsp3) is 0.222.